The predicted molar refractivity (Wildman–Crippen MR) is 58.1 cm³/mol. The molecule has 1 heterocycles. The molecule has 0 saturated heterocycles. The molecular formula is C7H8ClN5S. The number of nitrogen functional groups attached to an aromatic ring is 1. The number of nitrogens with zero attached hydrogens (tertiary/aromatic N) is 4. The number of anilines is 1. The highest BCUT2D eigenvalue weighted by atomic mass is 35.5. The number of benzene rings is 1. The van der Waals surface area contributed by atoms with Crippen LogP contribution in [0, 0.1) is 0 Å². The molecule has 5 nitrogen and oxygen atoms in total. The van der Waals surface area contributed by atoms with Gasteiger partial charge in [-0.15, -0.1) is 30.1 Å². The standard InChI is InChI=1S/C7H7N5S.ClH/c8-5-1-3-6(4-2-5)12-7(13)9-10-11-12;/h1-4H,8H2,(H,9,11,13);1H. The first-order valence-corrected chi connectivity index (χ1v) is 4.05. The number of aromatic nitrogens is 4. The third kappa shape index (κ3) is 1.97. The summed E-state index contributed by atoms with van der Waals surface area (Å²) in [4.78, 5) is 0. The molecule has 7 heteroatoms. The summed E-state index contributed by atoms with van der Waals surface area (Å²) in [6.45, 7) is 0. The van der Waals surface area contributed by atoms with Gasteiger partial charge >= 0.3 is 0 Å². The van der Waals surface area contributed by atoms with Crippen molar-refractivity contribution in [2.75, 3.05) is 5.73 Å². The van der Waals surface area contributed by atoms with E-state index in [-0.39, 0.29) is 12.4 Å². The van der Waals surface area contributed by atoms with Crippen LogP contribution in [0.2, 0.25) is 0 Å². The van der Waals surface area contributed by atoms with E-state index >= 15 is 0 Å². The Kier molecular flexibility index (Phi) is 3.32. The van der Waals surface area contributed by atoms with E-state index in [1.807, 2.05) is 12.1 Å². The normalized spacial score (nSPS) is 9.50. The molecule has 1 aromatic carbocycles. The summed E-state index contributed by atoms with van der Waals surface area (Å²) < 4.78 is 1.52. The number of halogens is 1. The van der Waals surface area contributed by atoms with Gasteiger partial charge in [-0.3, -0.25) is 0 Å². The van der Waals surface area contributed by atoms with Crippen molar-refractivity contribution < 1.29 is 0 Å². The Balaban J connectivity index is 0.000000980. The van der Waals surface area contributed by atoms with Crippen LogP contribution in [0.1, 0.15) is 0 Å². The Hall–Kier alpha value is -1.27. The molecule has 0 aliphatic heterocycles. The number of tetrazole rings is 1. The quantitative estimate of drug-likeness (QED) is 0.565. The summed E-state index contributed by atoms with van der Waals surface area (Å²) in [5, 5.41) is 11.3. The van der Waals surface area contributed by atoms with Crippen LogP contribution in [-0.2, 0) is 0 Å². The van der Waals surface area contributed by atoms with Crippen LogP contribution >= 0.6 is 25.0 Å². The minimum atomic E-state index is 0. The van der Waals surface area contributed by atoms with Crippen LogP contribution in [0.4, 0.5) is 5.69 Å². The van der Waals surface area contributed by atoms with Gasteiger partial charge in [-0.05, 0) is 34.7 Å². The summed E-state index contributed by atoms with van der Waals surface area (Å²) in [5.41, 5.74) is 7.08. The molecule has 0 bridgehead atoms. The SMILES string of the molecule is Cl.Nc1ccc(-n2nnnc2S)cc1. The monoisotopic (exact) mass is 229 g/mol. The van der Waals surface area contributed by atoms with E-state index in [4.69, 9.17) is 5.73 Å². The van der Waals surface area contributed by atoms with Crippen molar-refractivity contribution in [1.29, 1.82) is 0 Å². The number of hydrogen-bond donors (Lipinski definition) is 2. The van der Waals surface area contributed by atoms with Crippen LogP contribution in [0.3, 0.4) is 0 Å². The Morgan fingerprint density at radius 1 is 1.21 bits per heavy atom. The van der Waals surface area contributed by atoms with Crippen LogP contribution in [0.15, 0.2) is 29.4 Å². The predicted octanol–water partition coefficient (Wildman–Crippen LogP) is 0.955. The minimum absolute atomic E-state index is 0. The lowest BCUT2D eigenvalue weighted by molar-refractivity contribution is 0.758. The number of rotatable bonds is 1. The van der Waals surface area contributed by atoms with Crippen LogP contribution in [-0.4, -0.2) is 20.2 Å². The average molecular weight is 230 g/mol. The van der Waals surface area contributed by atoms with E-state index in [1.165, 1.54) is 4.68 Å². The summed E-state index contributed by atoms with van der Waals surface area (Å²) in [6, 6.07) is 7.21. The zero-order valence-corrected chi connectivity index (χ0v) is 8.74. The van der Waals surface area contributed by atoms with Gasteiger partial charge in [-0.25, -0.2) is 0 Å². The fourth-order valence-corrected chi connectivity index (χ4v) is 1.16. The number of nitrogens with two attached hydrogens (primary N) is 1. The Morgan fingerprint density at radius 2 is 1.86 bits per heavy atom. The zero-order valence-electron chi connectivity index (χ0n) is 7.03. The fourth-order valence-electron chi connectivity index (χ4n) is 0.965. The highest BCUT2D eigenvalue weighted by Crippen LogP contribution is 2.11. The Labute approximate surface area is 92.1 Å². The molecular weight excluding hydrogens is 222 g/mol. The summed E-state index contributed by atoms with van der Waals surface area (Å²) in [6.07, 6.45) is 0. The largest absolute Gasteiger partial charge is 0.399 e. The van der Waals surface area contributed by atoms with Gasteiger partial charge in [0.15, 0.2) is 0 Å². The maximum atomic E-state index is 5.54. The maximum absolute atomic E-state index is 5.54. The van der Waals surface area contributed by atoms with E-state index in [2.05, 4.69) is 28.2 Å². The van der Waals surface area contributed by atoms with Crippen molar-refractivity contribution in [2.45, 2.75) is 5.16 Å². The fraction of sp³-hybridized carbons (Fsp3) is 0. The topological polar surface area (TPSA) is 69.6 Å². The molecule has 2 rings (SSSR count). The first kappa shape index (κ1) is 10.8. The second-order valence-corrected chi connectivity index (χ2v) is 2.88. The molecule has 0 aliphatic rings. The van der Waals surface area contributed by atoms with Gasteiger partial charge < -0.3 is 5.73 Å². The van der Waals surface area contributed by atoms with E-state index in [9.17, 15) is 0 Å². The van der Waals surface area contributed by atoms with E-state index in [0.717, 1.165) is 5.69 Å². The average Bonchev–Trinajstić information content (AvgIpc) is 2.53. The molecule has 0 saturated carbocycles. The van der Waals surface area contributed by atoms with E-state index in [1.54, 1.807) is 12.1 Å². The number of hydrogen-bond acceptors (Lipinski definition) is 5. The van der Waals surface area contributed by atoms with Gasteiger partial charge in [-0.2, -0.15) is 4.68 Å². The van der Waals surface area contributed by atoms with Gasteiger partial charge in [0.05, 0.1) is 5.69 Å². The molecule has 2 N–H and O–H groups in total. The molecule has 0 fully saturated rings. The highest BCUT2D eigenvalue weighted by molar-refractivity contribution is 7.80. The molecule has 0 aliphatic carbocycles. The third-order valence-corrected chi connectivity index (χ3v) is 1.87. The first-order valence-electron chi connectivity index (χ1n) is 3.60. The molecule has 2 aromatic rings. The zero-order chi connectivity index (χ0) is 9.26. The van der Waals surface area contributed by atoms with Crippen molar-refractivity contribution in [3.05, 3.63) is 24.3 Å². The van der Waals surface area contributed by atoms with E-state index in [0.29, 0.717) is 10.8 Å². The van der Waals surface area contributed by atoms with Gasteiger partial charge in [0, 0.05) is 5.69 Å². The molecule has 1 aromatic heterocycles. The second-order valence-electron chi connectivity index (χ2n) is 2.48. The summed E-state index contributed by atoms with van der Waals surface area (Å²) in [5.74, 6) is 0. The second kappa shape index (κ2) is 4.30. The van der Waals surface area contributed by atoms with Gasteiger partial charge in [0.1, 0.15) is 0 Å². The van der Waals surface area contributed by atoms with Crippen LogP contribution < -0.4 is 5.73 Å². The van der Waals surface area contributed by atoms with Crippen LogP contribution in [0.25, 0.3) is 5.69 Å². The van der Waals surface area contributed by atoms with Crippen molar-refractivity contribution in [3.63, 3.8) is 0 Å². The third-order valence-electron chi connectivity index (χ3n) is 1.59. The van der Waals surface area contributed by atoms with Gasteiger partial charge in [0.25, 0.3) is 0 Å². The molecule has 0 unspecified atom stereocenters. The lowest BCUT2D eigenvalue weighted by Crippen LogP contribution is -1.97. The molecule has 74 valence electrons. The highest BCUT2D eigenvalue weighted by Gasteiger charge is 2.02. The van der Waals surface area contributed by atoms with Crippen molar-refractivity contribution in [2.24, 2.45) is 0 Å². The van der Waals surface area contributed by atoms with Crippen molar-refractivity contribution in [3.8, 4) is 5.69 Å². The molecule has 0 atom stereocenters. The van der Waals surface area contributed by atoms with Crippen LogP contribution in [0.5, 0.6) is 0 Å². The lowest BCUT2D eigenvalue weighted by atomic mass is 10.3. The smallest absolute Gasteiger partial charge is 0.211 e. The minimum Gasteiger partial charge on any atom is -0.399 e. The summed E-state index contributed by atoms with van der Waals surface area (Å²) >= 11 is 4.08. The molecule has 14 heavy (non-hydrogen) atoms. The first-order chi connectivity index (χ1) is 6.27. The molecule has 0 radical (unpaired) electrons. The van der Waals surface area contributed by atoms with Gasteiger partial charge in [0.2, 0.25) is 5.16 Å². The maximum Gasteiger partial charge on any atom is 0.211 e. The van der Waals surface area contributed by atoms with Crippen molar-refractivity contribution >= 4 is 30.7 Å². The Morgan fingerprint density at radius 3 is 2.36 bits per heavy atom. The van der Waals surface area contributed by atoms with E-state index < -0.39 is 0 Å². The Bertz CT molecular complexity index is 412. The lowest BCUT2D eigenvalue weighted by Gasteiger charge is -2.00. The van der Waals surface area contributed by atoms with Gasteiger partial charge in [-0.1, -0.05) is 0 Å². The summed E-state index contributed by atoms with van der Waals surface area (Å²) in [7, 11) is 0. The molecule has 0 spiro atoms. The number of thiol groups is 1. The van der Waals surface area contributed by atoms with Crippen molar-refractivity contribution in [1.82, 2.24) is 20.2 Å². The molecule has 0 amide bonds.